The lowest BCUT2D eigenvalue weighted by Crippen LogP contribution is -2.05. The van der Waals surface area contributed by atoms with Crippen molar-refractivity contribution in [2.45, 2.75) is 11.0 Å². The Morgan fingerprint density at radius 3 is 2.37 bits per heavy atom. The number of benzene rings is 1. The van der Waals surface area contributed by atoms with Crippen molar-refractivity contribution in [2.24, 2.45) is 0 Å². The van der Waals surface area contributed by atoms with Crippen molar-refractivity contribution in [1.82, 2.24) is 0 Å². The topological polar surface area (TPSA) is 0 Å². The van der Waals surface area contributed by atoms with Crippen LogP contribution in [0.15, 0.2) is 30.3 Å². The molecule has 0 aliphatic heterocycles. The van der Waals surface area contributed by atoms with Gasteiger partial charge in [-0.3, -0.25) is 0 Å². The van der Waals surface area contributed by atoms with Crippen molar-refractivity contribution >= 4 is 50.5 Å². The Labute approximate surface area is 130 Å². The monoisotopic (exact) mass is 388 g/mol. The Hall–Kier alpha value is -0.230. The zero-order valence-corrected chi connectivity index (χ0v) is 13.1. The van der Waals surface area contributed by atoms with E-state index in [0.29, 0.717) is 19.8 Å². The molecule has 1 atom stereocenters. The highest BCUT2D eigenvalue weighted by Crippen LogP contribution is 2.42. The Kier molecular flexibility index (Phi) is 4.50. The van der Waals surface area contributed by atoms with Crippen LogP contribution in [-0.2, 0) is 6.18 Å². The minimum Gasteiger partial charge on any atom is -0.166 e. The number of rotatable bonds is 2. The van der Waals surface area contributed by atoms with Crippen LogP contribution in [0.5, 0.6) is 0 Å². The number of hydrogen-bond donors (Lipinski definition) is 0. The highest BCUT2D eigenvalue weighted by molar-refractivity contribution is 9.09. The van der Waals surface area contributed by atoms with E-state index >= 15 is 0 Å². The van der Waals surface area contributed by atoms with Gasteiger partial charge in [0.15, 0.2) is 0 Å². The molecule has 1 aromatic heterocycles. The lowest BCUT2D eigenvalue weighted by molar-refractivity contribution is -0.137. The average molecular weight is 390 g/mol. The summed E-state index contributed by atoms with van der Waals surface area (Å²) in [6.07, 6.45) is -4.36. The van der Waals surface area contributed by atoms with E-state index < -0.39 is 16.6 Å². The predicted molar refractivity (Wildman–Crippen MR) is 76.6 cm³/mol. The fraction of sp³-hybridized carbons (Fsp3) is 0.167. The molecule has 0 aliphatic rings. The van der Waals surface area contributed by atoms with E-state index in [0.717, 1.165) is 12.1 Å². The molecule has 0 bridgehead atoms. The maximum Gasteiger partial charge on any atom is 0.416 e. The number of thiophene rings is 1. The molecule has 0 spiro atoms. The molecule has 0 nitrogen and oxygen atoms in total. The van der Waals surface area contributed by atoms with Gasteiger partial charge in [-0.25, -0.2) is 0 Å². The Morgan fingerprint density at radius 1 is 1.16 bits per heavy atom. The van der Waals surface area contributed by atoms with Gasteiger partial charge in [0.05, 0.1) is 19.1 Å². The molecule has 0 saturated carbocycles. The molecule has 0 radical (unpaired) electrons. The first-order valence-corrected chi connectivity index (χ1v) is 7.54. The van der Waals surface area contributed by atoms with Crippen molar-refractivity contribution in [1.29, 1.82) is 0 Å². The molecule has 1 unspecified atom stereocenters. The molecule has 0 N–H and O–H groups in total. The second kappa shape index (κ2) is 5.64. The van der Waals surface area contributed by atoms with Crippen LogP contribution in [0.3, 0.4) is 0 Å². The third kappa shape index (κ3) is 3.45. The molecule has 19 heavy (non-hydrogen) atoms. The second-order valence-corrected chi connectivity index (χ2v) is 6.97. The van der Waals surface area contributed by atoms with Crippen molar-refractivity contribution in [2.75, 3.05) is 0 Å². The summed E-state index contributed by atoms with van der Waals surface area (Å²) in [5, 5.41) is 0. The zero-order valence-electron chi connectivity index (χ0n) is 9.14. The zero-order chi connectivity index (χ0) is 14.2. The third-order valence-electron chi connectivity index (χ3n) is 2.46. The Bertz CT molecular complexity index is 595. The van der Waals surface area contributed by atoms with E-state index in [1.807, 2.05) is 0 Å². The minimum absolute atomic E-state index is 0.425. The van der Waals surface area contributed by atoms with Crippen LogP contribution >= 0.6 is 50.5 Å². The van der Waals surface area contributed by atoms with Crippen molar-refractivity contribution < 1.29 is 13.2 Å². The second-order valence-electron chi connectivity index (χ2n) is 3.77. The molecule has 2 aromatic rings. The van der Waals surface area contributed by atoms with Gasteiger partial charge in [0, 0.05) is 5.56 Å². The summed E-state index contributed by atoms with van der Waals surface area (Å²) in [5.41, 5.74) is 0.453. The van der Waals surface area contributed by atoms with Crippen molar-refractivity contribution in [3.63, 3.8) is 0 Å². The van der Waals surface area contributed by atoms with Crippen LogP contribution in [0.1, 0.15) is 21.5 Å². The molecular formula is C12H6BrCl2F3S. The summed E-state index contributed by atoms with van der Waals surface area (Å²) in [6.45, 7) is 0. The Morgan fingerprint density at radius 2 is 1.84 bits per heavy atom. The highest BCUT2D eigenvalue weighted by atomic mass is 79.9. The molecule has 0 amide bonds. The van der Waals surface area contributed by atoms with Gasteiger partial charge >= 0.3 is 6.18 Å². The van der Waals surface area contributed by atoms with Gasteiger partial charge in [0.1, 0.15) is 0 Å². The van der Waals surface area contributed by atoms with Crippen LogP contribution in [0.2, 0.25) is 8.67 Å². The van der Waals surface area contributed by atoms with Gasteiger partial charge in [-0.15, -0.1) is 11.3 Å². The molecule has 1 aromatic carbocycles. The standard InChI is InChI=1S/C12H6BrCl2F3S/c13-10(8-5-9(14)19-11(8)15)6-2-1-3-7(4-6)12(16,17)18/h1-5,10H. The fourth-order valence-corrected chi connectivity index (χ4v) is 4.04. The first-order chi connectivity index (χ1) is 8.79. The molecule has 102 valence electrons. The van der Waals surface area contributed by atoms with Gasteiger partial charge in [-0.05, 0) is 17.7 Å². The summed E-state index contributed by atoms with van der Waals surface area (Å²) in [5.74, 6) is 0. The molecular weight excluding hydrogens is 384 g/mol. The summed E-state index contributed by atoms with van der Waals surface area (Å²) in [7, 11) is 0. The Balaban J connectivity index is 2.39. The van der Waals surface area contributed by atoms with Crippen LogP contribution < -0.4 is 0 Å². The first-order valence-electron chi connectivity index (χ1n) is 5.05. The lowest BCUT2D eigenvalue weighted by Gasteiger charge is -2.12. The molecule has 0 fully saturated rings. The largest absolute Gasteiger partial charge is 0.416 e. The molecule has 2 rings (SSSR count). The fourth-order valence-electron chi connectivity index (χ4n) is 1.58. The van der Waals surface area contributed by atoms with Crippen LogP contribution in [0.25, 0.3) is 0 Å². The molecule has 7 heteroatoms. The van der Waals surface area contributed by atoms with Crippen molar-refractivity contribution in [3.8, 4) is 0 Å². The maximum atomic E-state index is 12.7. The van der Waals surface area contributed by atoms with Gasteiger partial charge in [0.25, 0.3) is 0 Å². The summed E-state index contributed by atoms with van der Waals surface area (Å²) in [4.78, 5) is -0.425. The number of hydrogen-bond acceptors (Lipinski definition) is 1. The van der Waals surface area contributed by atoms with E-state index in [4.69, 9.17) is 23.2 Å². The van der Waals surface area contributed by atoms with E-state index in [1.54, 1.807) is 12.1 Å². The average Bonchev–Trinajstić information content (AvgIpc) is 2.66. The normalized spacial score (nSPS) is 13.6. The quantitative estimate of drug-likeness (QED) is 0.510. The molecule has 0 aliphatic carbocycles. The van der Waals surface area contributed by atoms with Gasteiger partial charge in [-0.2, -0.15) is 13.2 Å². The summed E-state index contributed by atoms with van der Waals surface area (Å²) in [6, 6.07) is 6.76. The van der Waals surface area contributed by atoms with E-state index in [2.05, 4.69) is 15.9 Å². The van der Waals surface area contributed by atoms with Crippen LogP contribution in [0, 0.1) is 0 Å². The molecule has 0 saturated heterocycles. The SMILES string of the molecule is FC(F)(F)c1cccc(C(Br)c2cc(Cl)sc2Cl)c1. The first kappa shape index (κ1) is 15.2. The van der Waals surface area contributed by atoms with Crippen LogP contribution in [0.4, 0.5) is 13.2 Å². The summed E-state index contributed by atoms with van der Waals surface area (Å²) >= 11 is 16.4. The van der Waals surface area contributed by atoms with Gasteiger partial charge in [-0.1, -0.05) is 57.3 Å². The number of halogens is 6. The maximum absolute atomic E-state index is 12.7. The lowest BCUT2D eigenvalue weighted by atomic mass is 10.0. The van der Waals surface area contributed by atoms with Gasteiger partial charge < -0.3 is 0 Å². The van der Waals surface area contributed by atoms with E-state index in [1.165, 1.54) is 17.4 Å². The smallest absolute Gasteiger partial charge is 0.166 e. The minimum atomic E-state index is -4.36. The number of alkyl halides is 4. The predicted octanol–water partition coefficient (Wildman–Crippen LogP) is 6.56. The highest BCUT2D eigenvalue weighted by Gasteiger charge is 2.31. The molecule has 1 heterocycles. The van der Waals surface area contributed by atoms with Crippen molar-refractivity contribution in [3.05, 3.63) is 55.7 Å². The van der Waals surface area contributed by atoms with Gasteiger partial charge in [0.2, 0.25) is 0 Å². The van der Waals surface area contributed by atoms with E-state index in [-0.39, 0.29) is 0 Å². The third-order valence-corrected chi connectivity index (χ3v) is 5.00. The van der Waals surface area contributed by atoms with E-state index in [9.17, 15) is 13.2 Å². The summed E-state index contributed by atoms with van der Waals surface area (Å²) < 4.78 is 38.9. The van der Waals surface area contributed by atoms with Crippen LogP contribution in [-0.4, -0.2) is 0 Å².